The predicted octanol–water partition coefficient (Wildman–Crippen LogP) is 3.92. The van der Waals surface area contributed by atoms with Crippen molar-refractivity contribution in [2.24, 2.45) is 0 Å². The minimum absolute atomic E-state index is 0.409. The molecule has 0 fully saturated rings. The molecular weight excluding hydrogens is 286 g/mol. The van der Waals surface area contributed by atoms with Crippen molar-refractivity contribution in [3.05, 3.63) is 47.3 Å². The summed E-state index contributed by atoms with van der Waals surface area (Å²) in [6.45, 7) is 5.55. The normalized spacial score (nSPS) is 11.9. The zero-order valence-electron chi connectivity index (χ0n) is 11.8. The van der Waals surface area contributed by atoms with Crippen molar-refractivity contribution >= 4 is 17.3 Å². The Kier molecular flexibility index (Phi) is 5.11. The number of nitrogens with zero attached hydrogens (tertiary/aromatic N) is 1. The van der Waals surface area contributed by atoms with Crippen molar-refractivity contribution in [1.82, 2.24) is 4.98 Å². The Morgan fingerprint density at radius 2 is 2.19 bits per heavy atom. The van der Waals surface area contributed by atoms with Crippen molar-refractivity contribution in [3.63, 3.8) is 0 Å². The first-order valence-corrected chi connectivity index (χ1v) is 7.51. The number of aliphatic carboxylic acids is 1. The molecule has 0 aliphatic heterocycles. The van der Waals surface area contributed by atoms with Gasteiger partial charge in [0, 0.05) is 10.9 Å². The molecule has 4 nitrogen and oxygen atoms in total. The van der Waals surface area contributed by atoms with Crippen LogP contribution in [0.15, 0.2) is 42.3 Å². The van der Waals surface area contributed by atoms with E-state index in [1.807, 2.05) is 24.4 Å². The van der Waals surface area contributed by atoms with Crippen molar-refractivity contribution in [2.75, 3.05) is 0 Å². The minimum atomic E-state index is -0.962. The quantitative estimate of drug-likeness (QED) is 0.788. The molecule has 0 radical (unpaired) electrons. The Hall–Kier alpha value is -2.14. The third-order valence-corrected chi connectivity index (χ3v) is 3.73. The number of carboxylic acid groups (broad SMARTS) is 1. The fraction of sp³-hybridized carbons (Fsp3) is 0.250. The smallest absolute Gasteiger partial charge is 0.344 e. The van der Waals surface area contributed by atoms with E-state index in [1.54, 1.807) is 29.5 Å². The molecule has 0 saturated carbocycles. The highest BCUT2D eigenvalue weighted by atomic mass is 32.1. The molecule has 21 heavy (non-hydrogen) atoms. The SMILES string of the molecule is C=CCCC(Oc1ccc(-c2csc(C)n2)cc1)C(=O)O. The molecule has 2 rings (SSSR count). The number of hydrogen-bond donors (Lipinski definition) is 1. The number of aromatic nitrogens is 1. The molecule has 1 aromatic heterocycles. The molecular formula is C16H17NO3S. The van der Waals surface area contributed by atoms with Gasteiger partial charge in [-0.1, -0.05) is 6.08 Å². The van der Waals surface area contributed by atoms with Crippen molar-refractivity contribution in [1.29, 1.82) is 0 Å². The van der Waals surface area contributed by atoms with Gasteiger partial charge >= 0.3 is 5.97 Å². The van der Waals surface area contributed by atoms with E-state index in [0.29, 0.717) is 18.6 Å². The summed E-state index contributed by atoms with van der Waals surface area (Å²) < 4.78 is 5.51. The molecule has 0 saturated heterocycles. The molecule has 110 valence electrons. The monoisotopic (exact) mass is 303 g/mol. The van der Waals surface area contributed by atoms with Crippen LogP contribution in [0.3, 0.4) is 0 Å². The third-order valence-electron chi connectivity index (χ3n) is 2.96. The molecule has 1 aromatic carbocycles. The van der Waals surface area contributed by atoms with Crippen LogP contribution in [-0.4, -0.2) is 22.2 Å². The second kappa shape index (κ2) is 7.04. The summed E-state index contributed by atoms with van der Waals surface area (Å²) in [5, 5.41) is 12.1. The standard InChI is InChI=1S/C16H17NO3S/c1-3-4-5-15(16(18)19)20-13-8-6-12(7-9-13)14-10-21-11(2)17-14/h3,6-10,15H,1,4-5H2,2H3,(H,18,19). The molecule has 0 spiro atoms. The summed E-state index contributed by atoms with van der Waals surface area (Å²) in [7, 11) is 0. The van der Waals surface area contributed by atoms with E-state index in [1.165, 1.54) is 0 Å². The van der Waals surface area contributed by atoms with E-state index in [-0.39, 0.29) is 0 Å². The maximum atomic E-state index is 11.1. The van der Waals surface area contributed by atoms with Crippen molar-refractivity contribution in [3.8, 4) is 17.0 Å². The molecule has 1 N–H and O–H groups in total. The van der Waals surface area contributed by atoms with Crippen molar-refractivity contribution < 1.29 is 14.6 Å². The first kappa shape index (κ1) is 15.3. The summed E-state index contributed by atoms with van der Waals surface area (Å²) >= 11 is 1.60. The lowest BCUT2D eigenvalue weighted by Crippen LogP contribution is -2.26. The van der Waals surface area contributed by atoms with E-state index in [4.69, 9.17) is 9.84 Å². The van der Waals surface area contributed by atoms with Gasteiger partial charge < -0.3 is 9.84 Å². The van der Waals surface area contributed by atoms with Gasteiger partial charge in [0.05, 0.1) is 10.7 Å². The number of rotatable bonds is 7. The molecule has 0 aliphatic carbocycles. The largest absolute Gasteiger partial charge is 0.479 e. The number of benzene rings is 1. The number of ether oxygens (including phenoxy) is 1. The average Bonchev–Trinajstić information content (AvgIpc) is 2.90. The lowest BCUT2D eigenvalue weighted by molar-refractivity contribution is -0.145. The van der Waals surface area contributed by atoms with Crippen LogP contribution in [0.4, 0.5) is 0 Å². The Morgan fingerprint density at radius 1 is 1.48 bits per heavy atom. The van der Waals surface area contributed by atoms with Gasteiger partial charge in [-0.05, 0) is 44.0 Å². The van der Waals surface area contributed by atoms with E-state index in [9.17, 15) is 4.79 Å². The fourth-order valence-corrected chi connectivity index (χ4v) is 2.49. The van der Waals surface area contributed by atoms with E-state index < -0.39 is 12.1 Å². The number of carbonyl (C=O) groups is 1. The first-order chi connectivity index (χ1) is 10.1. The van der Waals surface area contributed by atoms with Gasteiger partial charge in [-0.2, -0.15) is 0 Å². The van der Waals surface area contributed by atoms with Crippen LogP contribution in [0.1, 0.15) is 17.8 Å². The van der Waals surface area contributed by atoms with Crippen molar-refractivity contribution in [2.45, 2.75) is 25.9 Å². The molecule has 2 aromatic rings. The molecule has 1 unspecified atom stereocenters. The van der Waals surface area contributed by atoms with Gasteiger partial charge in [0.1, 0.15) is 5.75 Å². The summed E-state index contributed by atoms with van der Waals surface area (Å²) in [5.74, 6) is -0.418. The van der Waals surface area contributed by atoms with Gasteiger partial charge in [0.2, 0.25) is 0 Å². The predicted molar refractivity (Wildman–Crippen MR) is 83.8 cm³/mol. The number of carboxylic acids is 1. The zero-order chi connectivity index (χ0) is 15.2. The average molecular weight is 303 g/mol. The lowest BCUT2D eigenvalue weighted by Gasteiger charge is -2.14. The molecule has 0 aliphatic rings. The Bertz CT molecular complexity index is 619. The summed E-state index contributed by atoms with van der Waals surface area (Å²) in [6, 6.07) is 7.31. The number of hydrogen-bond acceptors (Lipinski definition) is 4. The molecule has 1 heterocycles. The van der Waals surface area contributed by atoms with Gasteiger partial charge in [0.25, 0.3) is 0 Å². The van der Waals surface area contributed by atoms with Crippen LogP contribution in [0, 0.1) is 6.92 Å². The van der Waals surface area contributed by atoms with Crippen LogP contribution in [0.2, 0.25) is 0 Å². The lowest BCUT2D eigenvalue weighted by atomic mass is 10.1. The van der Waals surface area contributed by atoms with Crippen LogP contribution in [0.25, 0.3) is 11.3 Å². The molecule has 0 bridgehead atoms. The maximum Gasteiger partial charge on any atom is 0.344 e. The van der Waals surface area contributed by atoms with Gasteiger partial charge in [0.15, 0.2) is 6.10 Å². The zero-order valence-corrected chi connectivity index (χ0v) is 12.6. The van der Waals surface area contributed by atoms with E-state index >= 15 is 0 Å². The number of allylic oxidation sites excluding steroid dienone is 1. The van der Waals surface area contributed by atoms with Gasteiger partial charge in [-0.15, -0.1) is 17.9 Å². The maximum absolute atomic E-state index is 11.1. The second-order valence-electron chi connectivity index (χ2n) is 4.59. The van der Waals surface area contributed by atoms with Gasteiger partial charge in [-0.25, -0.2) is 9.78 Å². The summed E-state index contributed by atoms with van der Waals surface area (Å²) in [5.41, 5.74) is 1.91. The van der Waals surface area contributed by atoms with Gasteiger partial charge in [-0.3, -0.25) is 0 Å². The van der Waals surface area contributed by atoms with Crippen LogP contribution in [0.5, 0.6) is 5.75 Å². The topological polar surface area (TPSA) is 59.4 Å². The summed E-state index contributed by atoms with van der Waals surface area (Å²) in [4.78, 5) is 15.5. The highest BCUT2D eigenvalue weighted by molar-refractivity contribution is 7.09. The van der Waals surface area contributed by atoms with Crippen LogP contribution >= 0.6 is 11.3 Å². The second-order valence-corrected chi connectivity index (χ2v) is 5.65. The molecule has 5 heteroatoms. The number of thiazole rings is 1. The van der Waals surface area contributed by atoms with E-state index in [0.717, 1.165) is 16.3 Å². The van der Waals surface area contributed by atoms with Crippen LogP contribution in [-0.2, 0) is 4.79 Å². The Balaban J connectivity index is 2.07. The number of aryl methyl sites for hydroxylation is 1. The fourth-order valence-electron chi connectivity index (χ4n) is 1.87. The Morgan fingerprint density at radius 3 is 2.71 bits per heavy atom. The third kappa shape index (κ3) is 4.16. The van der Waals surface area contributed by atoms with Crippen LogP contribution < -0.4 is 4.74 Å². The molecule has 0 amide bonds. The minimum Gasteiger partial charge on any atom is -0.479 e. The first-order valence-electron chi connectivity index (χ1n) is 6.63. The summed E-state index contributed by atoms with van der Waals surface area (Å²) in [6.07, 6.45) is 1.85. The van der Waals surface area contributed by atoms with E-state index in [2.05, 4.69) is 11.6 Å². The Labute approximate surface area is 127 Å². The molecule has 1 atom stereocenters. The highest BCUT2D eigenvalue weighted by Gasteiger charge is 2.18. The highest BCUT2D eigenvalue weighted by Crippen LogP contribution is 2.24.